The molecule has 0 aliphatic heterocycles. The van der Waals surface area contributed by atoms with Gasteiger partial charge in [0.25, 0.3) is 0 Å². The number of pyridine rings is 1. The van der Waals surface area contributed by atoms with Gasteiger partial charge >= 0.3 is 0 Å². The van der Waals surface area contributed by atoms with Crippen LogP contribution in [0, 0.1) is 6.92 Å². The molecule has 0 spiro atoms. The number of rotatable bonds is 2. The van der Waals surface area contributed by atoms with E-state index in [1.807, 2.05) is 57.2 Å². The maximum Gasteiger partial charge on any atom is 0.0981 e. The second-order valence-electron chi connectivity index (χ2n) is 4.56. The summed E-state index contributed by atoms with van der Waals surface area (Å²) in [6.45, 7) is 5.92. The Labute approximate surface area is 102 Å². The molecule has 2 aromatic rings. The van der Waals surface area contributed by atoms with Crippen LogP contribution in [0.1, 0.15) is 31.2 Å². The number of aryl methyl sites for hydroxylation is 1. The van der Waals surface area contributed by atoms with Crippen LogP contribution >= 0.6 is 0 Å². The molecule has 0 amide bonds. The standard InChI is InChI=1S/C15H17NO/c1-10(2)8-15(17)13-9-11(3)16-14-7-5-4-6-12(13)14/h4-9,15,17H,1-3H3. The average molecular weight is 227 g/mol. The van der Waals surface area contributed by atoms with Gasteiger partial charge in [-0.15, -0.1) is 0 Å². The van der Waals surface area contributed by atoms with Crippen molar-refractivity contribution in [3.63, 3.8) is 0 Å². The van der Waals surface area contributed by atoms with E-state index in [9.17, 15) is 5.11 Å². The van der Waals surface area contributed by atoms with Gasteiger partial charge in [-0.1, -0.05) is 29.8 Å². The normalized spacial score (nSPS) is 12.5. The average Bonchev–Trinajstić information content (AvgIpc) is 2.26. The lowest BCUT2D eigenvalue weighted by Crippen LogP contribution is -1.98. The Morgan fingerprint density at radius 3 is 2.71 bits per heavy atom. The van der Waals surface area contributed by atoms with Crippen LogP contribution in [0.3, 0.4) is 0 Å². The summed E-state index contributed by atoms with van der Waals surface area (Å²) in [7, 11) is 0. The summed E-state index contributed by atoms with van der Waals surface area (Å²) >= 11 is 0. The fraction of sp³-hybridized carbons (Fsp3) is 0.267. The van der Waals surface area contributed by atoms with E-state index in [1.54, 1.807) is 0 Å². The highest BCUT2D eigenvalue weighted by molar-refractivity contribution is 5.82. The molecule has 0 aliphatic rings. The number of aliphatic hydroxyl groups is 1. The van der Waals surface area contributed by atoms with Crippen molar-refractivity contribution in [2.45, 2.75) is 26.9 Å². The van der Waals surface area contributed by atoms with E-state index in [0.717, 1.165) is 27.7 Å². The molecule has 0 aliphatic carbocycles. The smallest absolute Gasteiger partial charge is 0.0981 e. The summed E-state index contributed by atoms with van der Waals surface area (Å²) in [6.07, 6.45) is 1.30. The van der Waals surface area contributed by atoms with Gasteiger partial charge in [-0.2, -0.15) is 0 Å². The van der Waals surface area contributed by atoms with Crippen LogP contribution in [0.15, 0.2) is 42.0 Å². The molecule has 0 radical (unpaired) electrons. The van der Waals surface area contributed by atoms with Crippen molar-refractivity contribution in [1.29, 1.82) is 0 Å². The van der Waals surface area contributed by atoms with Gasteiger partial charge in [-0.3, -0.25) is 4.98 Å². The van der Waals surface area contributed by atoms with Crippen molar-refractivity contribution in [2.24, 2.45) is 0 Å². The summed E-state index contributed by atoms with van der Waals surface area (Å²) in [4.78, 5) is 4.47. The Kier molecular flexibility index (Phi) is 3.25. The molecular weight excluding hydrogens is 210 g/mol. The Balaban J connectivity index is 2.63. The number of para-hydroxylation sites is 1. The van der Waals surface area contributed by atoms with Crippen molar-refractivity contribution in [1.82, 2.24) is 4.98 Å². The van der Waals surface area contributed by atoms with Gasteiger partial charge in [0.1, 0.15) is 0 Å². The van der Waals surface area contributed by atoms with Crippen LogP contribution in [0.5, 0.6) is 0 Å². The van der Waals surface area contributed by atoms with Gasteiger partial charge in [0.2, 0.25) is 0 Å². The Hall–Kier alpha value is -1.67. The second kappa shape index (κ2) is 4.68. The van der Waals surface area contributed by atoms with E-state index < -0.39 is 6.10 Å². The maximum absolute atomic E-state index is 10.2. The molecule has 0 fully saturated rings. The van der Waals surface area contributed by atoms with Crippen molar-refractivity contribution >= 4 is 10.9 Å². The van der Waals surface area contributed by atoms with Crippen LogP contribution in [0.4, 0.5) is 0 Å². The van der Waals surface area contributed by atoms with Crippen molar-refractivity contribution < 1.29 is 5.11 Å². The number of aromatic nitrogens is 1. The zero-order valence-corrected chi connectivity index (χ0v) is 10.4. The van der Waals surface area contributed by atoms with E-state index in [2.05, 4.69) is 4.98 Å². The molecule has 2 nitrogen and oxygen atoms in total. The van der Waals surface area contributed by atoms with Gasteiger partial charge in [0.05, 0.1) is 11.6 Å². The summed E-state index contributed by atoms with van der Waals surface area (Å²) < 4.78 is 0. The number of nitrogens with zero attached hydrogens (tertiary/aromatic N) is 1. The van der Waals surface area contributed by atoms with Crippen LogP contribution in [0.2, 0.25) is 0 Å². The SMILES string of the molecule is CC(C)=CC(O)c1cc(C)nc2ccccc12. The zero-order chi connectivity index (χ0) is 12.4. The monoisotopic (exact) mass is 227 g/mol. The predicted molar refractivity (Wildman–Crippen MR) is 70.9 cm³/mol. The third-order valence-electron chi connectivity index (χ3n) is 2.69. The molecule has 2 heteroatoms. The van der Waals surface area contributed by atoms with Crippen LogP contribution in [-0.2, 0) is 0 Å². The summed E-state index contributed by atoms with van der Waals surface area (Å²) in [6, 6.07) is 9.86. The number of hydrogen-bond acceptors (Lipinski definition) is 2. The van der Waals surface area contributed by atoms with Crippen molar-refractivity contribution in [3.05, 3.63) is 53.2 Å². The predicted octanol–water partition coefficient (Wildman–Crippen LogP) is 3.54. The summed E-state index contributed by atoms with van der Waals surface area (Å²) in [5.74, 6) is 0. The third kappa shape index (κ3) is 2.53. The van der Waals surface area contributed by atoms with Crippen molar-refractivity contribution in [2.75, 3.05) is 0 Å². The summed E-state index contributed by atoms with van der Waals surface area (Å²) in [5.41, 5.74) is 3.90. The topological polar surface area (TPSA) is 33.1 Å². The first-order chi connectivity index (χ1) is 8.08. The first-order valence-electron chi connectivity index (χ1n) is 5.77. The minimum atomic E-state index is -0.563. The highest BCUT2D eigenvalue weighted by Crippen LogP contribution is 2.25. The van der Waals surface area contributed by atoms with E-state index >= 15 is 0 Å². The van der Waals surface area contributed by atoms with Gasteiger partial charge in [-0.25, -0.2) is 0 Å². The minimum absolute atomic E-state index is 0.563. The van der Waals surface area contributed by atoms with Gasteiger partial charge in [-0.05, 0) is 38.5 Å². The van der Waals surface area contributed by atoms with Gasteiger partial charge in [0.15, 0.2) is 0 Å². The lowest BCUT2D eigenvalue weighted by Gasteiger charge is -2.11. The molecular formula is C15H17NO. The second-order valence-corrected chi connectivity index (χ2v) is 4.56. The molecule has 1 heterocycles. The van der Waals surface area contributed by atoms with Gasteiger partial charge in [0, 0.05) is 11.1 Å². The first kappa shape index (κ1) is 11.8. The van der Waals surface area contributed by atoms with Crippen LogP contribution in [0.25, 0.3) is 10.9 Å². The van der Waals surface area contributed by atoms with Crippen LogP contribution in [-0.4, -0.2) is 10.1 Å². The van der Waals surface area contributed by atoms with E-state index in [-0.39, 0.29) is 0 Å². The fourth-order valence-corrected chi connectivity index (χ4v) is 1.99. The maximum atomic E-state index is 10.2. The number of benzene rings is 1. The third-order valence-corrected chi connectivity index (χ3v) is 2.69. The Morgan fingerprint density at radius 1 is 1.29 bits per heavy atom. The van der Waals surface area contributed by atoms with Gasteiger partial charge < -0.3 is 5.11 Å². The summed E-state index contributed by atoms with van der Waals surface area (Å²) in [5, 5.41) is 11.2. The molecule has 0 bridgehead atoms. The fourth-order valence-electron chi connectivity index (χ4n) is 1.99. The number of aliphatic hydroxyl groups excluding tert-OH is 1. The molecule has 1 aromatic carbocycles. The lowest BCUT2D eigenvalue weighted by molar-refractivity contribution is 0.229. The highest BCUT2D eigenvalue weighted by Gasteiger charge is 2.10. The molecule has 1 aromatic heterocycles. The van der Waals surface area contributed by atoms with E-state index in [0.29, 0.717) is 0 Å². The largest absolute Gasteiger partial charge is 0.384 e. The number of hydrogen-bond donors (Lipinski definition) is 1. The molecule has 0 saturated heterocycles. The van der Waals surface area contributed by atoms with E-state index in [1.165, 1.54) is 0 Å². The lowest BCUT2D eigenvalue weighted by atomic mass is 10.0. The number of fused-ring (bicyclic) bond motifs is 1. The molecule has 88 valence electrons. The quantitative estimate of drug-likeness (QED) is 0.796. The molecule has 1 atom stereocenters. The molecule has 1 N–H and O–H groups in total. The molecule has 17 heavy (non-hydrogen) atoms. The first-order valence-corrected chi connectivity index (χ1v) is 5.77. The Bertz CT molecular complexity index is 568. The van der Waals surface area contributed by atoms with Crippen molar-refractivity contribution in [3.8, 4) is 0 Å². The Morgan fingerprint density at radius 2 is 2.00 bits per heavy atom. The molecule has 0 saturated carbocycles. The van der Waals surface area contributed by atoms with E-state index in [4.69, 9.17) is 0 Å². The van der Waals surface area contributed by atoms with Crippen LogP contribution < -0.4 is 0 Å². The number of allylic oxidation sites excluding steroid dienone is 1. The molecule has 2 rings (SSSR count). The highest BCUT2D eigenvalue weighted by atomic mass is 16.3. The minimum Gasteiger partial charge on any atom is -0.384 e. The zero-order valence-electron chi connectivity index (χ0n) is 10.4. The molecule has 1 unspecified atom stereocenters.